The van der Waals surface area contributed by atoms with Gasteiger partial charge in [0.1, 0.15) is 6.04 Å². The van der Waals surface area contributed by atoms with E-state index in [9.17, 15) is 13.2 Å². The number of hydrogen-bond acceptors (Lipinski definition) is 3. The lowest BCUT2D eigenvalue weighted by Gasteiger charge is -2.25. The third-order valence-corrected chi connectivity index (χ3v) is 4.87. The number of sulfonamides is 1. The molecule has 1 amide bonds. The van der Waals surface area contributed by atoms with E-state index in [1.165, 1.54) is 7.05 Å². The first-order chi connectivity index (χ1) is 10.8. The molecule has 0 saturated carbocycles. The first-order valence-corrected chi connectivity index (χ1v) is 9.06. The monoisotopic (exact) mass is 352 g/mol. The summed E-state index contributed by atoms with van der Waals surface area (Å²) in [6.07, 6.45) is 1.07. The van der Waals surface area contributed by atoms with Gasteiger partial charge in [-0.15, -0.1) is 0 Å². The summed E-state index contributed by atoms with van der Waals surface area (Å²) in [5, 5.41) is 3.27. The van der Waals surface area contributed by atoms with Crippen molar-refractivity contribution < 1.29 is 13.2 Å². The van der Waals surface area contributed by atoms with Crippen LogP contribution in [0.2, 0.25) is 5.02 Å². The number of carbonyl (C=O) groups excluding carboxylic acids is 1. The van der Waals surface area contributed by atoms with Gasteiger partial charge in [-0.1, -0.05) is 41.9 Å². The fraction of sp³-hybridized carbons (Fsp3) is 0.188. The zero-order valence-electron chi connectivity index (χ0n) is 12.7. The minimum Gasteiger partial charge on any atom is -0.324 e. The van der Waals surface area contributed by atoms with Gasteiger partial charge >= 0.3 is 0 Å². The van der Waals surface area contributed by atoms with E-state index in [2.05, 4.69) is 5.32 Å². The number of likely N-dealkylation sites (N-methyl/N-ethyl adjacent to an activating group) is 1. The van der Waals surface area contributed by atoms with Crippen LogP contribution < -0.4 is 5.32 Å². The highest BCUT2D eigenvalue weighted by atomic mass is 35.5. The molecule has 5 nitrogen and oxygen atoms in total. The molecule has 0 aliphatic heterocycles. The topological polar surface area (TPSA) is 66.5 Å². The minimum atomic E-state index is -3.54. The average molecular weight is 353 g/mol. The van der Waals surface area contributed by atoms with E-state index in [-0.39, 0.29) is 0 Å². The molecule has 23 heavy (non-hydrogen) atoms. The maximum Gasteiger partial charge on any atom is 0.247 e. The van der Waals surface area contributed by atoms with Gasteiger partial charge in [0, 0.05) is 17.8 Å². The van der Waals surface area contributed by atoms with Crippen molar-refractivity contribution in [3.05, 3.63) is 65.2 Å². The molecule has 0 fully saturated rings. The molecule has 7 heteroatoms. The highest BCUT2D eigenvalue weighted by molar-refractivity contribution is 7.88. The Kier molecular flexibility index (Phi) is 5.41. The molecule has 122 valence electrons. The fourth-order valence-electron chi connectivity index (χ4n) is 2.10. The quantitative estimate of drug-likeness (QED) is 0.899. The summed E-state index contributed by atoms with van der Waals surface area (Å²) in [6, 6.07) is 14.4. The molecule has 0 saturated heterocycles. The third-order valence-electron chi connectivity index (χ3n) is 3.36. The summed E-state index contributed by atoms with van der Waals surface area (Å²) in [7, 11) is -2.16. The molecule has 0 spiro atoms. The molecule has 0 aliphatic rings. The predicted octanol–water partition coefficient (Wildman–Crippen LogP) is 2.91. The van der Waals surface area contributed by atoms with Crippen LogP contribution in [-0.4, -0.2) is 31.9 Å². The Morgan fingerprint density at radius 3 is 2.17 bits per heavy atom. The normalized spacial score (nSPS) is 12.9. The van der Waals surface area contributed by atoms with E-state index in [1.54, 1.807) is 54.6 Å². The van der Waals surface area contributed by atoms with Crippen molar-refractivity contribution in [1.82, 2.24) is 4.31 Å². The molecule has 0 unspecified atom stereocenters. The lowest BCUT2D eigenvalue weighted by Crippen LogP contribution is -2.38. The number of hydrogen-bond donors (Lipinski definition) is 1. The standard InChI is InChI=1S/C16H17ClN2O3S/c1-19(23(2,21)22)15(12-6-4-3-5-7-12)16(20)18-14-10-8-13(17)9-11-14/h3-11,15H,1-2H3,(H,18,20)/t15-/m1/s1. The van der Waals surface area contributed by atoms with Crippen molar-refractivity contribution in [3.8, 4) is 0 Å². The molecule has 2 rings (SSSR count). The highest BCUT2D eigenvalue weighted by Gasteiger charge is 2.30. The van der Waals surface area contributed by atoms with Crippen molar-refractivity contribution >= 4 is 33.2 Å². The molecule has 1 N–H and O–H groups in total. The van der Waals surface area contributed by atoms with Crippen LogP contribution >= 0.6 is 11.6 Å². The van der Waals surface area contributed by atoms with Crippen LogP contribution in [0.25, 0.3) is 0 Å². The van der Waals surface area contributed by atoms with E-state index >= 15 is 0 Å². The van der Waals surface area contributed by atoms with Crippen LogP contribution in [0.1, 0.15) is 11.6 Å². The SMILES string of the molecule is CN([C@@H](C(=O)Nc1ccc(Cl)cc1)c1ccccc1)S(C)(=O)=O. The van der Waals surface area contributed by atoms with Gasteiger partial charge in [0.25, 0.3) is 0 Å². The van der Waals surface area contributed by atoms with Gasteiger partial charge in [-0.3, -0.25) is 4.79 Å². The molecule has 0 heterocycles. The Hall–Kier alpha value is -1.89. The van der Waals surface area contributed by atoms with Crippen LogP contribution in [0.3, 0.4) is 0 Å². The second kappa shape index (κ2) is 7.12. The van der Waals surface area contributed by atoms with Crippen LogP contribution in [0.4, 0.5) is 5.69 Å². The second-order valence-corrected chi connectivity index (χ2v) is 7.57. The van der Waals surface area contributed by atoms with Gasteiger partial charge < -0.3 is 5.32 Å². The fourth-order valence-corrected chi connectivity index (χ4v) is 2.82. The number of rotatable bonds is 5. The molecule has 0 bridgehead atoms. The molecular formula is C16H17ClN2O3S. The summed E-state index contributed by atoms with van der Waals surface area (Å²) >= 11 is 5.82. The Labute approximate surface area is 140 Å². The average Bonchev–Trinajstić information content (AvgIpc) is 2.50. The lowest BCUT2D eigenvalue weighted by atomic mass is 10.1. The molecular weight excluding hydrogens is 336 g/mol. The zero-order chi connectivity index (χ0) is 17.0. The first-order valence-electron chi connectivity index (χ1n) is 6.83. The lowest BCUT2D eigenvalue weighted by molar-refractivity contribution is -0.119. The zero-order valence-corrected chi connectivity index (χ0v) is 14.3. The van der Waals surface area contributed by atoms with Crippen molar-refractivity contribution in [1.29, 1.82) is 0 Å². The summed E-state index contributed by atoms with van der Waals surface area (Å²) in [4.78, 5) is 12.6. The van der Waals surface area contributed by atoms with Gasteiger partial charge in [-0.25, -0.2) is 8.42 Å². The van der Waals surface area contributed by atoms with Crippen molar-refractivity contribution in [3.63, 3.8) is 0 Å². The highest BCUT2D eigenvalue weighted by Crippen LogP contribution is 2.24. The largest absolute Gasteiger partial charge is 0.324 e. The second-order valence-electron chi connectivity index (χ2n) is 5.09. The van der Waals surface area contributed by atoms with Gasteiger partial charge in [0.05, 0.1) is 6.26 Å². The number of amides is 1. The third kappa shape index (κ3) is 4.54. The van der Waals surface area contributed by atoms with Crippen molar-refractivity contribution in [2.45, 2.75) is 6.04 Å². The van der Waals surface area contributed by atoms with E-state index in [4.69, 9.17) is 11.6 Å². The smallest absolute Gasteiger partial charge is 0.247 e. The number of anilines is 1. The summed E-state index contributed by atoms with van der Waals surface area (Å²) in [5.74, 6) is -0.438. The Bertz CT molecular complexity index is 777. The number of carbonyl (C=O) groups is 1. The van der Waals surface area contributed by atoms with Crippen LogP contribution in [0.5, 0.6) is 0 Å². The molecule has 2 aromatic rings. The summed E-state index contributed by atoms with van der Waals surface area (Å²) < 4.78 is 24.8. The molecule has 2 aromatic carbocycles. The van der Waals surface area contributed by atoms with E-state index < -0.39 is 22.0 Å². The summed E-state index contributed by atoms with van der Waals surface area (Å²) in [5.41, 5.74) is 1.13. The Morgan fingerprint density at radius 2 is 1.65 bits per heavy atom. The number of nitrogens with one attached hydrogen (secondary N) is 1. The predicted molar refractivity (Wildman–Crippen MR) is 91.9 cm³/mol. The Morgan fingerprint density at radius 1 is 1.09 bits per heavy atom. The van der Waals surface area contributed by atoms with Crippen molar-refractivity contribution in [2.24, 2.45) is 0 Å². The number of benzene rings is 2. The van der Waals surface area contributed by atoms with Crippen LogP contribution in [0, 0.1) is 0 Å². The molecule has 0 aromatic heterocycles. The van der Waals surface area contributed by atoms with Gasteiger partial charge in [-0.05, 0) is 29.8 Å². The van der Waals surface area contributed by atoms with E-state index in [1.807, 2.05) is 0 Å². The molecule has 0 radical (unpaired) electrons. The van der Waals surface area contributed by atoms with Crippen molar-refractivity contribution in [2.75, 3.05) is 18.6 Å². The van der Waals surface area contributed by atoms with Crippen LogP contribution in [0.15, 0.2) is 54.6 Å². The van der Waals surface area contributed by atoms with Gasteiger partial charge in [0.15, 0.2) is 0 Å². The summed E-state index contributed by atoms with van der Waals surface area (Å²) in [6.45, 7) is 0. The van der Waals surface area contributed by atoms with E-state index in [0.717, 1.165) is 10.6 Å². The number of halogens is 1. The molecule has 1 atom stereocenters. The first kappa shape index (κ1) is 17.5. The van der Waals surface area contributed by atoms with Gasteiger partial charge in [-0.2, -0.15) is 4.31 Å². The minimum absolute atomic E-state index is 0.438. The maximum absolute atomic E-state index is 12.6. The van der Waals surface area contributed by atoms with E-state index in [0.29, 0.717) is 16.3 Å². The van der Waals surface area contributed by atoms with Crippen LogP contribution in [-0.2, 0) is 14.8 Å². The molecule has 0 aliphatic carbocycles. The maximum atomic E-state index is 12.6. The number of nitrogens with zero attached hydrogens (tertiary/aromatic N) is 1. The Balaban J connectivity index is 2.33. The van der Waals surface area contributed by atoms with Gasteiger partial charge in [0.2, 0.25) is 15.9 Å².